The molecule has 0 amide bonds. The van der Waals surface area contributed by atoms with Crippen molar-refractivity contribution in [3.8, 4) is 5.75 Å². The van der Waals surface area contributed by atoms with E-state index < -0.39 is 5.97 Å². The Bertz CT molecular complexity index is 606. The predicted molar refractivity (Wildman–Crippen MR) is 72.7 cm³/mol. The summed E-state index contributed by atoms with van der Waals surface area (Å²) in [5, 5.41) is 9.36. The summed E-state index contributed by atoms with van der Waals surface area (Å²) in [5.74, 6) is -0.498. The Morgan fingerprint density at radius 3 is 2.58 bits per heavy atom. The second-order valence-corrected chi connectivity index (χ2v) is 3.82. The predicted octanol–water partition coefficient (Wildman–Crippen LogP) is 2.72. The molecule has 0 radical (unpaired) electrons. The van der Waals surface area contributed by atoms with Crippen LogP contribution in [-0.4, -0.2) is 23.2 Å². The molecule has 19 heavy (non-hydrogen) atoms. The fourth-order valence-corrected chi connectivity index (χ4v) is 1.73. The average molecular weight is 255 g/mol. The number of rotatable bonds is 4. The highest BCUT2D eigenvalue weighted by molar-refractivity contribution is 6.21. The molecule has 1 heterocycles. The SMILES string of the molecule is COc1ccccc1/C(=C\c1ccccn1)C(=O)O. The lowest BCUT2D eigenvalue weighted by molar-refractivity contribution is -0.130. The van der Waals surface area contributed by atoms with Crippen LogP contribution in [0.1, 0.15) is 11.3 Å². The van der Waals surface area contributed by atoms with Gasteiger partial charge in [0.15, 0.2) is 0 Å². The second kappa shape index (κ2) is 5.82. The van der Waals surface area contributed by atoms with Crippen molar-refractivity contribution >= 4 is 17.6 Å². The monoisotopic (exact) mass is 255 g/mol. The number of pyridine rings is 1. The van der Waals surface area contributed by atoms with E-state index in [-0.39, 0.29) is 5.57 Å². The highest BCUT2D eigenvalue weighted by Crippen LogP contribution is 2.27. The van der Waals surface area contributed by atoms with Crippen LogP contribution in [-0.2, 0) is 4.79 Å². The van der Waals surface area contributed by atoms with Gasteiger partial charge in [0.2, 0.25) is 0 Å². The Labute approximate surface area is 111 Å². The van der Waals surface area contributed by atoms with Crippen molar-refractivity contribution in [3.63, 3.8) is 0 Å². The summed E-state index contributed by atoms with van der Waals surface area (Å²) >= 11 is 0. The van der Waals surface area contributed by atoms with E-state index in [1.807, 2.05) is 0 Å². The van der Waals surface area contributed by atoms with Gasteiger partial charge in [0, 0.05) is 11.8 Å². The molecule has 1 aromatic carbocycles. The Kier molecular flexibility index (Phi) is 3.93. The molecule has 0 aliphatic rings. The normalized spacial score (nSPS) is 11.1. The number of nitrogens with zero attached hydrogens (tertiary/aromatic N) is 1. The van der Waals surface area contributed by atoms with Crippen molar-refractivity contribution in [2.75, 3.05) is 7.11 Å². The topological polar surface area (TPSA) is 59.4 Å². The molecule has 1 aromatic heterocycles. The van der Waals surface area contributed by atoms with Crippen LogP contribution in [0.5, 0.6) is 5.75 Å². The van der Waals surface area contributed by atoms with Crippen LogP contribution >= 0.6 is 0 Å². The highest BCUT2D eigenvalue weighted by Gasteiger charge is 2.15. The molecule has 0 atom stereocenters. The van der Waals surface area contributed by atoms with Crippen LogP contribution < -0.4 is 4.74 Å². The van der Waals surface area contributed by atoms with Crippen LogP contribution in [0.3, 0.4) is 0 Å². The Balaban J connectivity index is 2.52. The van der Waals surface area contributed by atoms with E-state index in [1.54, 1.807) is 48.7 Å². The van der Waals surface area contributed by atoms with Crippen molar-refractivity contribution < 1.29 is 14.6 Å². The van der Waals surface area contributed by atoms with Gasteiger partial charge in [0.25, 0.3) is 0 Å². The molecule has 0 unspecified atom stereocenters. The van der Waals surface area contributed by atoms with Gasteiger partial charge in [-0.1, -0.05) is 24.3 Å². The van der Waals surface area contributed by atoms with E-state index in [2.05, 4.69) is 4.98 Å². The van der Waals surface area contributed by atoms with E-state index in [1.165, 1.54) is 13.2 Å². The number of methoxy groups -OCH3 is 1. The number of benzene rings is 1. The first-order valence-corrected chi connectivity index (χ1v) is 5.72. The maximum atomic E-state index is 11.4. The van der Waals surface area contributed by atoms with Gasteiger partial charge >= 0.3 is 5.97 Å². The smallest absolute Gasteiger partial charge is 0.336 e. The minimum absolute atomic E-state index is 0.149. The van der Waals surface area contributed by atoms with E-state index >= 15 is 0 Å². The van der Waals surface area contributed by atoms with Crippen LogP contribution in [0, 0.1) is 0 Å². The summed E-state index contributed by atoms with van der Waals surface area (Å²) < 4.78 is 5.19. The highest BCUT2D eigenvalue weighted by atomic mass is 16.5. The molecule has 96 valence electrons. The molecule has 0 bridgehead atoms. The maximum Gasteiger partial charge on any atom is 0.336 e. The van der Waals surface area contributed by atoms with Gasteiger partial charge in [-0.15, -0.1) is 0 Å². The lowest BCUT2D eigenvalue weighted by atomic mass is 10.0. The number of hydrogen-bond acceptors (Lipinski definition) is 3. The number of carbonyl (C=O) groups is 1. The zero-order valence-corrected chi connectivity index (χ0v) is 10.4. The number of carboxylic acids is 1. The molecule has 0 fully saturated rings. The average Bonchev–Trinajstić information content (AvgIpc) is 2.45. The van der Waals surface area contributed by atoms with Gasteiger partial charge in [-0.3, -0.25) is 4.98 Å². The second-order valence-electron chi connectivity index (χ2n) is 3.82. The zero-order chi connectivity index (χ0) is 13.7. The third kappa shape index (κ3) is 2.98. The standard InChI is InChI=1S/C15H13NO3/c1-19-14-8-3-2-7-12(14)13(15(17)18)10-11-6-4-5-9-16-11/h2-10H,1H3,(H,17,18)/b13-10+. The number of aromatic nitrogens is 1. The fraction of sp³-hybridized carbons (Fsp3) is 0.0667. The van der Waals surface area contributed by atoms with E-state index in [0.29, 0.717) is 17.0 Å². The molecule has 0 aliphatic heterocycles. The van der Waals surface area contributed by atoms with Crippen LogP contribution in [0.4, 0.5) is 0 Å². The number of hydrogen-bond donors (Lipinski definition) is 1. The Morgan fingerprint density at radius 2 is 1.95 bits per heavy atom. The third-order valence-corrected chi connectivity index (χ3v) is 2.61. The molecule has 0 aliphatic carbocycles. The molecule has 4 nitrogen and oxygen atoms in total. The van der Waals surface area contributed by atoms with Crippen molar-refractivity contribution in [1.82, 2.24) is 4.98 Å². The molecule has 2 rings (SSSR count). The quantitative estimate of drug-likeness (QED) is 0.853. The number of carboxylic acid groups (broad SMARTS) is 1. The third-order valence-electron chi connectivity index (χ3n) is 2.61. The molecule has 0 saturated heterocycles. The van der Waals surface area contributed by atoms with Crippen LogP contribution in [0.15, 0.2) is 48.7 Å². The number of ether oxygens (including phenoxy) is 1. The lowest BCUT2D eigenvalue weighted by Crippen LogP contribution is -2.02. The van der Waals surface area contributed by atoms with Gasteiger partial charge < -0.3 is 9.84 Å². The van der Waals surface area contributed by atoms with Gasteiger partial charge in [-0.25, -0.2) is 4.79 Å². The van der Waals surface area contributed by atoms with Crippen molar-refractivity contribution in [1.29, 1.82) is 0 Å². The van der Waals surface area contributed by atoms with E-state index in [4.69, 9.17) is 4.74 Å². The van der Waals surface area contributed by atoms with Crippen LogP contribution in [0.25, 0.3) is 11.6 Å². The number of para-hydroxylation sites is 1. The molecule has 4 heteroatoms. The van der Waals surface area contributed by atoms with Gasteiger partial charge in [-0.2, -0.15) is 0 Å². The molecule has 0 spiro atoms. The van der Waals surface area contributed by atoms with Crippen molar-refractivity contribution in [2.45, 2.75) is 0 Å². The first-order chi connectivity index (χ1) is 9.22. The molecular weight excluding hydrogens is 242 g/mol. The summed E-state index contributed by atoms with van der Waals surface area (Å²) in [4.78, 5) is 15.5. The summed E-state index contributed by atoms with van der Waals surface area (Å²) in [5.41, 5.74) is 1.27. The van der Waals surface area contributed by atoms with Crippen LogP contribution in [0.2, 0.25) is 0 Å². The first-order valence-electron chi connectivity index (χ1n) is 5.72. The minimum atomic E-state index is -1.02. The van der Waals surface area contributed by atoms with E-state index in [0.717, 1.165) is 0 Å². The lowest BCUT2D eigenvalue weighted by Gasteiger charge is -2.08. The van der Waals surface area contributed by atoms with Crippen molar-refractivity contribution in [2.24, 2.45) is 0 Å². The Morgan fingerprint density at radius 1 is 1.21 bits per heavy atom. The maximum absolute atomic E-state index is 11.4. The van der Waals surface area contributed by atoms with E-state index in [9.17, 15) is 9.90 Å². The summed E-state index contributed by atoms with van der Waals surface area (Å²) in [6.07, 6.45) is 3.15. The summed E-state index contributed by atoms with van der Waals surface area (Å²) in [7, 11) is 1.51. The molecule has 0 saturated carbocycles. The zero-order valence-electron chi connectivity index (χ0n) is 10.4. The largest absolute Gasteiger partial charge is 0.496 e. The van der Waals surface area contributed by atoms with Gasteiger partial charge in [-0.05, 0) is 24.3 Å². The first kappa shape index (κ1) is 12.8. The molecular formula is C15H13NO3. The van der Waals surface area contributed by atoms with Gasteiger partial charge in [0.1, 0.15) is 5.75 Å². The Hall–Kier alpha value is -2.62. The fourth-order valence-electron chi connectivity index (χ4n) is 1.73. The summed E-state index contributed by atoms with van der Waals surface area (Å²) in [6, 6.07) is 12.3. The molecule has 2 aromatic rings. The van der Waals surface area contributed by atoms with Gasteiger partial charge in [0.05, 0.1) is 18.4 Å². The summed E-state index contributed by atoms with van der Waals surface area (Å²) in [6.45, 7) is 0. The molecule has 1 N–H and O–H groups in total. The van der Waals surface area contributed by atoms with Crippen molar-refractivity contribution in [3.05, 3.63) is 59.9 Å². The number of aliphatic carboxylic acids is 1. The minimum Gasteiger partial charge on any atom is -0.496 e.